The van der Waals surface area contributed by atoms with E-state index in [0.29, 0.717) is 12.6 Å². The molecule has 1 fully saturated rings. The Balaban J connectivity index is 2.07. The van der Waals surface area contributed by atoms with Crippen molar-refractivity contribution in [2.75, 3.05) is 32.8 Å². The van der Waals surface area contributed by atoms with E-state index in [2.05, 4.69) is 24.1 Å². The van der Waals surface area contributed by atoms with E-state index in [0.717, 1.165) is 38.4 Å². The second-order valence-corrected chi connectivity index (χ2v) is 5.81. The van der Waals surface area contributed by atoms with Crippen molar-refractivity contribution in [1.29, 1.82) is 0 Å². The summed E-state index contributed by atoms with van der Waals surface area (Å²) in [5, 5.41) is 22.1. The fraction of sp³-hybridized carbons (Fsp3) is 1.00. The fourth-order valence-electron chi connectivity index (χ4n) is 2.44. The molecular formula is C14H30N2O2. The summed E-state index contributed by atoms with van der Waals surface area (Å²) in [6.07, 6.45) is 4.02. The first-order valence-electron chi connectivity index (χ1n) is 7.36. The molecule has 0 aliphatic carbocycles. The Morgan fingerprint density at radius 2 is 2.00 bits per heavy atom. The van der Waals surface area contributed by atoms with Crippen molar-refractivity contribution in [1.82, 2.24) is 10.2 Å². The molecule has 1 heterocycles. The molecule has 1 saturated heterocycles. The number of hydrogen-bond donors (Lipinski definition) is 3. The highest BCUT2D eigenvalue weighted by Gasteiger charge is 2.18. The van der Waals surface area contributed by atoms with Gasteiger partial charge in [-0.1, -0.05) is 6.92 Å². The number of aliphatic hydroxyl groups excluding tert-OH is 2. The molecule has 1 aliphatic heterocycles. The van der Waals surface area contributed by atoms with Gasteiger partial charge in [0.1, 0.15) is 0 Å². The third-order valence-electron chi connectivity index (χ3n) is 3.84. The first-order chi connectivity index (χ1) is 8.61. The van der Waals surface area contributed by atoms with Crippen molar-refractivity contribution in [2.24, 2.45) is 5.92 Å². The summed E-state index contributed by atoms with van der Waals surface area (Å²) < 4.78 is 0. The molecule has 0 bridgehead atoms. The summed E-state index contributed by atoms with van der Waals surface area (Å²) in [5.74, 6) is 0.843. The van der Waals surface area contributed by atoms with Crippen molar-refractivity contribution < 1.29 is 10.2 Å². The molecule has 0 amide bonds. The van der Waals surface area contributed by atoms with Crippen LogP contribution in [0.5, 0.6) is 0 Å². The van der Waals surface area contributed by atoms with Crippen LogP contribution >= 0.6 is 0 Å². The lowest BCUT2D eigenvalue weighted by Gasteiger charge is -2.32. The molecule has 0 spiro atoms. The molecule has 2 unspecified atom stereocenters. The smallest absolute Gasteiger partial charge is 0.0791 e. The maximum absolute atomic E-state index is 9.99. The van der Waals surface area contributed by atoms with Gasteiger partial charge in [-0.25, -0.2) is 0 Å². The van der Waals surface area contributed by atoms with E-state index in [9.17, 15) is 5.11 Å². The minimum Gasteiger partial charge on any atom is -0.396 e. The van der Waals surface area contributed by atoms with E-state index in [1.165, 1.54) is 12.8 Å². The number of likely N-dealkylation sites (tertiary alicyclic amines) is 1. The molecule has 0 aromatic heterocycles. The van der Waals surface area contributed by atoms with Gasteiger partial charge in [-0.3, -0.25) is 0 Å². The average Bonchev–Trinajstić information content (AvgIpc) is 2.36. The lowest BCUT2D eigenvalue weighted by molar-refractivity contribution is 0.0888. The monoisotopic (exact) mass is 258 g/mol. The van der Waals surface area contributed by atoms with E-state index in [1.54, 1.807) is 0 Å². The standard InChI is InChI=1S/C14H30N2O2/c1-12-5-7-16(8-6-12)11-14(18)10-15-13(2)4-3-9-17/h12-15,17-18H,3-11H2,1-2H3. The van der Waals surface area contributed by atoms with Crippen LogP contribution in [0, 0.1) is 5.92 Å². The summed E-state index contributed by atoms with van der Waals surface area (Å²) in [4.78, 5) is 2.37. The molecule has 0 radical (unpaired) electrons. The van der Waals surface area contributed by atoms with Crippen LogP contribution in [0.1, 0.15) is 39.5 Å². The molecule has 3 N–H and O–H groups in total. The lowest BCUT2D eigenvalue weighted by Crippen LogP contribution is -2.43. The molecule has 18 heavy (non-hydrogen) atoms. The number of nitrogens with one attached hydrogen (secondary N) is 1. The van der Waals surface area contributed by atoms with Crippen LogP contribution < -0.4 is 5.32 Å². The minimum absolute atomic E-state index is 0.251. The molecule has 0 aromatic rings. The van der Waals surface area contributed by atoms with Gasteiger partial charge >= 0.3 is 0 Å². The summed E-state index contributed by atoms with van der Waals surface area (Å²) in [5.41, 5.74) is 0. The van der Waals surface area contributed by atoms with Crippen LogP contribution in [0.3, 0.4) is 0 Å². The van der Waals surface area contributed by atoms with E-state index in [4.69, 9.17) is 5.11 Å². The van der Waals surface area contributed by atoms with Gasteiger partial charge in [-0.15, -0.1) is 0 Å². The lowest BCUT2D eigenvalue weighted by atomic mass is 9.99. The van der Waals surface area contributed by atoms with Crippen LogP contribution in [0.25, 0.3) is 0 Å². The Hall–Kier alpha value is -0.160. The van der Waals surface area contributed by atoms with Gasteiger partial charge in [0.25, 0.3) is 0 Å². The first kappa shape index (κ1) is 15.9. The van der Waals surface area contributed by atoms with Gasteiger partial charge in [0.15, 0.2) is 0 Å². The third kappa shape index (κ3) is 6.69. The maximum atomic E-state index is 9.99. The normalized spacial score (nSPS) is 22.0. The highest BCUT2D eigenvalue weighted by Crippen LogP contribution is 2.15. The van der Waals surface area contributed by atoms with Crippen LogP contribution in [0.2, 0.25) is 0 Å². The number of piperidine rings is 1. The van der Waals surface area contributed by atoms with Crippen LogP contribution in [0.4, 0.5) is 0 Å². The number of nitrogens with zero attached hydrogens (tertiary/aromatic N) is 1. The molecule has 0 saturated carbocycles. The third-order valence-corrected chi connectivity index (χ3v) is 3.84. The highest BCUT2D eigenvalue weighted by atomic mass is 16.3. The molecule has 2 atom stereocenters. The largest absolute Gasteiger partial charge is 0.396 e. The number of aliphatic hydroxyl groups is 2. The molecule has 4 nitrogen and oxygen atoms in total. The Labute approximate surface area is 111 Å². The number of β-amino-alcohol motifs (C(OH)–C–C–N with tert-alkyl or cyclic N) is 1. The van der Waals surface area contributed by atoms with E-state index in [1.807, 2.05) is 0 Å². The highest BCUT2D eigenvalue weighted by molar-refractivity contribution is 4.74. The number of hydrogen-bond acceptors (Lipinski definition) is 4. The summed E-state index contributed by atoms with van der Waals surface area (Å²) in [6, 6.07) is 0.369. The average molecular weight is 258 g/mol. The second kappa shape index (κ2) is 8.86. The fourth-order valence-corrected chi connectivity index (χ4v) is 2.44. The first-order valence-corrected chi connectivity index (χ1v) is 7.36. The summed E-state index contributed by atoms with van der Waals surface area (Å²) in [7, 11) is 0. The predicted molar refractivity (Wildman–Crippen MR) is 74.6 cm³/mol. The maximum Gasteiger partial charge on any atom is 0.0791 e. The van der Waals surface area contributed by atoms with Gasteiger partial charge in [-0.2, -0.15) is 0 Å². The van der Waals surface area contributed by atoms with E-state index >= 15 is 0 Å². The minimum atomic E-state index is -0.282. The van der Waals surface area contributed by atoms with Crippen molar-refractivity contribution >= 4 is 0 Å². The SMILES string of the molecule is CC1CCN(CC(O)CNC(C)CCCO)CC1. The Morgan fingerprint density at radius 1 is 1.33 bits per heavy atom. The van der Waals surface area contributed by atoms with E-state index in [-0.39, 0.29) is 12.7 Å². The molecular weight excluding hydrogens is 228 g/mol. The van der Waals surface area contributed by atoms with Crippen LogP contribution in [-0.4, -0.2) is 60.0 Å². The summed E-state index contributed by atoms with van der Waals surface area (Å²) >= 11 is 0. The second-order valence-electron chi connectivity index (χ2n) is 5.81. The van der Waals surface area contributed by atoms with Crippen LogP contribution in [0.15, 0.2) is 0 Å². The topological polar surface area (TPSA) is 55.7 Å². The zero-order valence-electron chi connectivity index (χ0n) is 11.9. The Kier molecular flexibility index (Phi) is 7.82. The van der Waals surface area contributed by atoms with Gasteiger partial charge in [0.05, 0.1) is 6.10 Å². The van der Waals surface area contributed by atoms with Crippen molar-refractivity contribution in [2.45, 2.75) is 51.7 Å². The molecule has 4 heteroatoms. The zero-order chi connectivity index (χ0) is 13.4. The number of rotatable bonds is 8. The molecule has 0 aromatic carbocycles. The van der Waals surface area contributed by atoms with Gasteiger partial charge in [-0.05, 0) is 51.6 Å². The van der Waals surface area contributed by atoms with Gasteiger partial charge < -0.3 is 20.4 Å². The van der Waals surface area contributed by atoms with E-state index < -0.39 is 0 Å². The zero-order valence-corrected chi connectivity index (χ0v) is 11.9. The molecule has 1 rings (SSSR count). The molecule has 108 valence electrons. The van der Waals surface area contributed by atoms with Crippen molar-refractivity contribution in [3.05, 3.63) is 0 Å². The summed E-state index contributed by atoms with van der Waals surface area (Å²) in [6.45, 7) is 8.34. The van der Waals surface area contributed by atoms with Crippen LogP contribution in [-0.2, 0) is 0 Å². The van der Waals surface area contributed by atoms with Gasteiger partial charge in [0, 0.05) is 25.7 Å². The van der Waals surface area contributed by atoms with Crippen molar-refractivity contribution in [3.8, 4) is 0 Å². The quantitative estimate of drug-likeness (QED) is 0.604. The van der Waals surface area contributed by atoms with Gasteiger partial charge in [0.2, 0.25) is 0 Å². The molecule has 1 aliphatic rings. The predicted octanol–water partition coefficient (Wildman–Crippen LogP) is 0.830. The Morgan fingerprint density at radius 3 is 2.61 bits per heavy atom. The Bertz CT molecular complexity index is 206. The van der Waals surface area contributed by atoms with Crippen molar-refractivity contribution in [3.63, 3.8) is 0 Å².